The van der Waals surface area contributed by atoms with Gasteiger partial charge in [0.2, 0.25) is 0 Å². The Labute approximate surface area is 138 Å². The summed E-state index contributed by atoms with van der Waals surface area (Å²) in [6.07, 6.45) is -3.02. The lowest BCUT2D eigenvalue weighted by Crippen LogP contribution is -2.05. The molecule has 0 saturated heterocycles. The molecular formula is C14H9Cl2F3O2S. The second kappa shape index (κ2) is 6.58. The highest BCUT2D eigenvalue weighted by atomic mass is 35.5. The van der Waals surface area contributed by atoms with E-state index < -0.39 is 22.9 Å². The third-order valence-electron chi connectivity index (χ3n) is 2.70. The van der Waals surface area contributed by atoms with E-state index in [2.05, 4.69) is 0 Å². The molecule has 2 aromatic carbocycles. The molecule has 1 atom stereocenters. The van der Waals surface area contributed by atoms with Gasteiger partial charge in [0.15, 0.2) is 10.6 Å². The molecule has 22 heavy (non-hydrogen) atoms. The molecule has 0 aliphatic carbocycles. The quantitative estimate of drug-likeness (QED) is 0.666. The minimum Gasteiger partial charge on any atom is -0.612 e. The summed E-state index contributed by atoms with van der Waals surface area (Å²) in [5, 5.41) is -0.495. The molecule has 2 rings (SSSR count). The Balaban J connectivity index is 2.30. The number of ether oxygens (including phenoxy) is 1. The highest BCUT2D eigenvalue weighted by Gasteiger charge is 2.32. The van der Waals surface area contributed by atoms with Crippen molar-refractivity contribution in [1.82, 2.24) is 0 Å². The second-order valence-electron chi connectivity index (χ2n) is 4.29. The molecule has 0 spiro atoms. The Morgan fingerprint density at radius 1 is 1.05 bits per heavy atom. The van der Waals surface area contributed by atoms with Crippen LogP contribution >= 0.6 is 23.2 Å². The van der Waals surface area contributed by atoms with Crippen LogP contribution in [0.4, 0.5) is 13.2 Å². The van der Waals surface area contributed by atoms with Gasteiger partial charge in [-0.05, 0) is 47.6 Å². The van der Waals surface area contributed by atoms with Crippen LogP contribution in [0.5, 0.6) is 11.5 Å². The maximum atomic E-state index is 12.6. The van der Waals surface area contributed by atoms with Gasteiger partial charge in [0.25, 0.3) is 0 Å². The smallest absolute Gasteiger partial charge is 0.416 e. The molecule has 8 heteroatoms. The molecule has 1 unspecified atom stereocenters. The predicted octanol–water partition coefficient (Wildman–Crippen LogP) is 5.54. The van der Waals surface area contributed by atoms with E-state index in [0.717, 1.165) is 12.1 Å². The summed E-state index contributed by atoms with van der Waals surface area (Å²) >= 11 is 10.5. The number of rotatable bonds is 3. The standard InChI is InChI=1S/C14H9Cl2F3O2S/c1-22(20)10-4-2-9(3-5-10)21-13-11(15)6-8(7-12(13)16)14(17,18)19/h2-7H,1H3. The van der Waals surface area contributed by atoms with Crippen molar-refractivity contribution >= 4 is 34.4 Å². The summed E-state index contributed by atoms with van der Waals surface area (Å²) in [6, 6.07) is 7.72. The number of benzene rings is 2. The van der Waals surface area contributed by atoms with Crippen molar-refractivity contribution in [3.8, 4) is 11.5 Å². The number of hydrogen-bond donors (Lipinski definition) is 0. The third kappa shape index (κ3) is 4.01. The summed E-state index contributed by atoms with van der Waals surface area (Å²) in [4.78, 5) is 0.594. The van der Waals surface area contributed by atoms with Crippen LogP contribution in [0.1, 0.15) is 5.56 Å². The monoisotopic (exact) mass is 368 g/mol. The van der Waals surface area contributed by atoms with Crippen LogP contribution in [0.3, 0.4) is 0 Å². The highest BCUT2D eigenvalue weighted by molar-refractivity contribution is 7.90. The van der Waals surface area contributed by atoms with Crippen molar-refractivity contribution in [1.29, 1.82) is 0 Å². The van der Waals surface area contributed by atoms with E-state index >= 15 is 0 Å². The fourth-order valence-corrected chi connectivity index (χ4v) is 2.72. The fourth-order valence-electron chi connectivity index (χ4n) is 1.64. The lowest BCUT2D eigenvalue weighted by Gasteiger charge is -2.13. The Morgan fingerprint density at radius 2 is 1.55 bits per heavy atom. The van der Waals surface area contributed by atoms with Crippen LogP contribution in [0.25, 0.3) is 0 Å². The Morgan fingerprint density at radius 3 is 1.95 bits per heavy atom. The zero-order valence-electron chi connectivity index (χ0n) is 11.1. The average Bonchev–Trinajstić information content (AvgIpc) is 2.42. The van der Waals surface area contributed by atoms with Gasteiger partial charge < -0.3 is 9.29 Å². The van der Waals surface area contributed by atoms with Gasteiger partial charge in [-0.1, -0.05) is 23.2 Å². The Hall–Kier alpha value is -1.08. The van der Waals surface area contributed by atoms with E-state index in [1.165, 1.54) is 18.4 Å². The van der Waals surface area contributed by atoms with Gasteiger partial charge >= 0.3 is 6.18 Å². The van der Waals surface area contributed by atoms with Crippen LogP contribution in [-0.2, 0) is 17.4 Å². The van der Waals surface area contributed by atoms with Gasteiger partial charge in [-0.2, -0.15) is 13.2 Å². The molecule has 118 valence electrons. The van der Waals surface area contributed by atoms with Gasteiger partial charge in [0.1, 0.15) is 12.0 Å². The Kier molecular flexibility index (Phi) is 5.17. The van der Waals surface area contributed by atoms with Crippen molar-refractivity contribution in [3.63, 3.8) is 0 Å². The Bertz CT molecular complexity index is 650. The van der Waals surface area contributed by atoms with Crippen LogP contribution in [-0.4, -0.2) is 10.8 Å². The number of hydrogen-bond acceptors (Lipinski definition) is 2. The van der Waals surface area contributed by atoms with Gasteiger partial charge in [0.05, 0.1) is 15.6 Å². The molecule has 0 aliphatic rings. The highest BCUT2D eigenvalue weighted by Crippen LogP contribution is 2.41. The van der Waals surface area contributed by atoms with E-state index in [-0.39, 0.29) is 15.8 Å². The van der Waals surface area contributed by atoms with Crippen LogP contribution < -0.4 is 4.74 Å². The minimum atomic E-state index is -4.54. The second-order valence-corrected chi connectivity index (χ2v) is 6.49. The van der Waals surface area contributed by atoms with Crippen LogP contribution in [0.2, 0.25) is 10.0 Å². The normalized spacial score (nSPS) is 13.0. The van der Waals surface area contributed by atoms with Crippen molar-refractivity contribution in [2.45, 2.75) is 11.1 Å². The largest absolute Gasteiger partial charge is 0.612 e. The first kappa shape index (κ1) is 17.3. The van der Waals surface area contributed by atoms with Gasteiger partial charge in [-0.15, -0.1) is 0 Å². The van der Waals surface area contributed by atoms with E-state index in [1.807, 2.05) is 0 Å². The molecule has 2 nitrogen and oxygen atoms in total. The van der Waals surface area contributed by atoms with Gasteiger partial charge in [0, 0.05) is 0 Å². The number of alkyl halides is 3. The molecular weight excluding hydrogens is 360 g/mol. The molecule has 0 amide bonds. The lowest BCUT2D eigenvalue weighted by molar-refractivity contribution is -0.137. The molecule has 0 fully saturated rings. The third-order valence-corrected chi connectivity index (χ3v) is 4.20. The SMILES string of the molecule is C[S+]([O-])c1ccc(Oc2c(Cl)cc(C(F)(F)F)cc2Cl)cc1. The molecule has 0 bridgehead atoms. The maximum absolute atomic E-state index is 12.6. The zero-order chi connectivity index (χ0) is 16.5. The molecule has 0 aromatic heterocycles. The van der Waals surface area contributed by atoms with E-state index in [4.69, 9.17) is 27.9 Å². The van der Waals surface area contributed by atoms with E-state index in [1.54, 1.807) is 12.1 Å². The first-order chi connectivity index (χ1) is 10.2. The summed E-state index contributed by atoms with van der Waals surface area (Å²) in [7, 11) is 0. The minimum absolute atomic E-state index is 0.0679. The number of halogens is 5. The average molecular weight is 369 g/mol. The summed E-state index contributed by atoms with van der Waals surface area (Å²) in [5.41, 5.74) is -0.952. The molecule has 0 heterocycles. The van der Waals surface area contributed by atoms with Gasteiger partial charge in [-0.3, -0.25) is 0 Å². The summed E-state index contributed by atoms with van der Waals surface area (Å²) in [5.74, 6) is 0.250. The zero-order valence-corrected chi connectivity index (χ0v) is 13.4. The van der Waals surface area contributed by atoms with Crippen LogP contribution in [0.15, 0.2) is 41.3 Å². The van der Waals surface area contributed by atoms with Crippen molar-refractivity contribution in [2.24, 2.45) is 0 Å². The van der Waals surface area contributed by atoms with E-state index in [0.29, 0.717) is 10.6 Å². The summed E-state index contributed by atoms with van der Waals surface area (Å²) < 4.78 is 54.6. The molecule has 0 saturated carbocycles. The topological polar surface area (TPSA) is 32.3 Å². The molecule has 0 radical (unpaired) electrons. The van der Waals surface area contributed by atoms with Crippen molar-refractivity contribution in [3.05, 3.63) is 52.0 Å². The first-order valence-corrected chi connectivity index (χ1v) is 8.17. The lowest BCUT2D eigenvalue weighted by atomic mass is 10.2. The van der Waals surface area contributed by atoms with Crippen LogP contribution in [0, 0.1) is 0 Å². The van der Waals surface area contributed by atoms with Crippen molar-refractivity contribution < 1.29 is 22.5 Å². The predicted molar refractivity (Wildman–Crippen MR) is 80.3 cm³/mol. The molecule has 2 aromatic rings. The fraction of sp³-hybridized carbons (Fsp3) is 0.143. The summed E-state index contributed by atoms with van der Waals surface area (Å²) in [6.45, 7) is 0. The molecule has 0 N–H and O–H groups in total. The molecule has 0 aliphatic heterocycles. The van der Waals surface area contributed by atoms with Crippen molar-refractivity contribution in [2.75, 3.05) is 6.26 Å². The first-order valence-electron chi connectivity index (χ1n) is 5.86. The maximum Gasteiger partial charge on any atom is 0.416 e. The van der Waals surface area contributed by atoms with E-state index in [9.17, 15) is 17.7 Å². The van der Waals surface area contributed by atoms with Gasteiger partial charge in [-0.25, -0.2) is 0 Å².